The number of amides is 2. The Hall–Kier alpha value is -2.22. The fraction of sp³-hybridized carbons (Fsp3) is 0.950. The Morgan fingerprint density at radius 2 is 0.712 bits per heavy atom. The molecule has 0 aromatic rings. The first-order chi connectivity index (χ1) is 34.5. The first-order valence-corrected chi connectivity index (χ1v) is 23.1. The van der Waals surface area contributed by atoms with Gasteiger partial charge in [0.05, 0.1) is 39.6 Å². The zero-order chi connectivity index (χ0) is 53.9. The lowest BCUT2D eigenvalue weighted by Crippen LogP contribution is -2.70. The van der Waals surface area contributed by atoms with Crippen molar-refractivity contribution >= 4 is 11.8 Å². The fourth-order valence-corrected chi connectivity index (χ4v) is 9.22. The van der Waals surface area contributed by atoms with Crippen molar-refractivity contribution in [2.75, 3.05) is 39.6 Å². The van der Waals surface area contributed by atoms with Crippen LogP contribution in [0, 0.1) is 0 Å². The summed E-state index contributed by atoms with van der Waals surface area (Å²) in [6.45, 7) is -3.46. The summed E-state index contributed by atoms with van der Waals surface area (Å²) < 4.78 is 62.2. The molecule has 73 heavy (non-hydrogen) atoms. The van der Waals surface area contributed by atoms with Gasteiger partial charge in [0.2, 0.25) is 11.8 Å². The lowest BCUT2D eigenvalue weighted by atomic mass is 9.94. The van der Waals surface area contributed by atoms with Gasteiger partial charge < -0.3 is 155 Å². The van der Waals surface area contributed by atoms with E-state index in [0.29, 0.717) is 0 Å². The van der Waals surface area contributed by atoms with Crippen molar-refractivity contribution in [2.24, 2.45) is 0 Å². The van der Waals surface area contributed by atoms with Crippen LogP contribution in [0.25, 0.3) is 0 Å². The molecule has 30 atom stereocenters. The molecular weight excluding hydrogens is 1000 g/mol. The van der Waals surface area contributed by atoms with Gasteiger partial charge in [0.1, 0.15) is 146 Å². The maximum Gasteiger partial charge on any atom is 0.217 e. The second-order valence-corrected chi connectivity index (χ2v) is 18.3. The molecule has 33 nitrogen and oxygen atoms in total. The number of nitrogens with one attached hydrogen (secondary N) is 2. The van der Waals surface area contributed by atoms with Gasteiger partial charge in [0.25, 0.3) is 0 Å². The summed E-state index contributed by atoms with van der Waals surface area (Å²) in [7, 11) is 0. The zero-order valence-corrected chi connectivity index (χ0v) is 38.9. The van der Waals surface area contributed by atoms with Crippen LogP contribution in [0.3, 0.4) is 0 Å². The van der Waals surface area contributed by atoms with Crippen LogP contribution in [0.15, 0.2) is 0 Å². The van der Waals surface area contributed by atoms with E-state index in [1.54, 1.807) is 0 Å². The molecule has 20 N–H and O–H groups in total. The summed E-state index contributed by atoms with van der Waals surface area (Å²) in [5.74, 6) is -1.62. The van der Waals surface area contributed by atoms with Crippen LogP contribution in [0.2, 0.25) is 0 Å². The van der Waals surface area contributed by atoms with Gasteiger partial charge in [-0.2, -0.15) is 0 Å². The second kappa shape index (κ2) is 26.0. The van der Waals surface area contributed by atoms with E-state index < -0.39 is 236 Å². The van der Waals surface area contributed by atoms with Crippen LogP contribution in [0.5, 0.6) is 0 Å². The SMILES string of the molecule is CC(=O)N[C@H]1[C@H](OC[C@H]2O[C@@H](O[C@H]3[C@H](O)[C@@H](NC(C)=O)[C@H](O[C@H]4[C@@H](O)[C@@H](CO)O[C@@H](O[C@H]5[C@H](O)[C@@H](O)C(O)O[C@@H]5CO)[C@@H]4O)O[C@@H]3CO)[C@H](O)[C@@H](O)[C@H]2O)O[C@H](CO)[C@@H](O[C@@H]2O[C@H](CO)[C@H](O)[C@H](O)[C@H]2O)[C@@H]1O. The first-order valence-electron chi connectivity index (χ1n) is 23.1. The molecule has 0 bridgehead atoms. The summed E-state index contributed by atoms with van der Waals surface area (Å²) in [4.78, 5) is 24.9. The van der Waals surface area contributed by atoms with Gasteiger partial charge >= 0.3 is 0 Å². The Morgan fingerprint density at radius 3 is 1.18 bits per heavy atom. The van der Waals surface area contributed by atoms with Gasteiger partial charge in [-0.1, -0.05) is 0 Å². The molecule has 0 radical (unpaired) electrons. The van der Waals surface area contributed by atoms with Crippen LogP contribution >= 0.6 is 0 Å². The predicted octanol–water partition coefficient (Wildman–Crippen LogP) is -13.8. The van der Waals surface area contributed by atoms with E-state index in [1.807, 2.05) is 0 Å². The molecule has 6 aliphatic rings. The standard InChI is InChI=1S/C40H68N2O31/c1-9(48)41-17-22(53)31(70-38-28(59)24(55)19(50)11(3-43)65-38)14(6-46)67-36(17)63-8-16-20(51)25(56)29(60)39(69-16)71-32-15(7-47)68-37(18(23(32)54)42-10(2)49)73-34-21(52)12(4-44)66-40(30(34)61)72-33-13(5-45)64-35(62)27(58)26(33)57/h11-40,43-47,50-62H,3-8H2,1-2H3,(H,41,48)(H,42,49)/t11-,12-,13-,14-,15-,16-,17-,18-,19+,20+,21+,22-,23-,24+,25+,26-,27-,28-,29-,30-,31-,32-,33-,34+,35?,36-,37+,38+,39+,40+/m1/s1. The molecule has 424 valence electrons. The van der Waals surface area contributed by atoms with Crippen molar-refractivity contribution in [3.8, 4) is 0 Å². The molecule has 6 fully saturated rings. The molecule has 0 aromatic heterocycles. The Bertz CT molecular complexity index is 1750. The topological polar surface area (TPSA) is 524 Å². The molecule has 0 saturated carbocycles. The molecule has 0 spiro atoms. The number of aliphatic hydroxyl groups excluding tert-OH is 18. The van der Waals surface area contributed by atoms with Gasteiger partial charge in [-0.3, -0.25) is 9.59 Å². The van der Waals surface area contributed by atoms with E-state index in [9.17, 15) is 102 Å². The molecule has 6 aliphatic heterocycles. The highest BCUT2D eigenvalue weighted by atomic mass is 16.8. The monoisotopic (exact) mass is 1070 g/mol. The largest absolute Gasteiger partial charge is 0.394 e. The number of carbonyl (C=O) groups excluding carboxylic acids is 2. The number of hydrogen-bond donors (Lipinski definition) is 20. The summed E-state index contributed by atoms with van der Waals surface area (Å²) >= 11 is 0. The fourth-order valence-electron chi connectivity index (χ4n) is 9.22. The molecule has 6 saturated heterocycles. The van der Waals surface area contributed by atoms with Gasteiger partial charge in [0.15, 0.2) is 37.7 Å². The van der Waals surface area contributed by atoms with Gasteiger partial charge in [0, 0.05) is 13.8 Å². The number of aliphatic hydroxyl groups is 18. The quantitative estimate of drug-likeness (QED) is 0.0606. The molecular formula is C40H68N2O31. The Kier molecular flexibility index (Phi) is 21.3. The van der Waals surface area contributed by atoms with E-state index in [0.717, 1.165) is 13.8 Å². The maximum atomic E-state index is 12.5. The minimum atomic E-state index is -2.15. The second-order valence-electron chi connectivity index (χ2n) is 18.3. The number of ether oxygens (including phenoxy) is 11. The van der Waals surface area contributed by atoms with Crippen molar-refractivity contribution in [3.05, 3.63) is 0 Å². The Morgan fingerprint density at radius 1 is 0.356 bits per heavy atom. The van der Waals surface area contributed by atoms with Crippen LogP contribution in [-0.2, 0) is 61.7 Å². The molecule has 6 rings (SSSR count). The third-order valence-corrected chi connectivity index (χ3v) is 13.2. The number of carbonyl (C=O) groups is 2. The molecule has 0 aromatic carbocycles. The highest BCUT2D eigenvalue weighted by Gasteiger charge is 2.57. The minimum absolute atomic E-state index is 0.771. The molecule has 6 heterocycles. The highest BCUT2D eigenvalue weighted by molar-refractivity contribution is 5.73. The van der Waals surface area contributed by atoms with Crippen LogP contribution in [-0.4, -0.2) is 327 Å². The van der Waals surface area contributed by atoms with Crippen LogP contribution < -0.4 is 10.6 Å². The average molecular weight is 1070 g/mol. The van der Waals surface area contributed by atoms with Crippen molar-refractivity contribution in [1.29, 1.82) is 0 Å². The lowest BCUT2D eigenvalue weighted by molar-refractivity contribution is -0.381. The Balaban J connectivity index is 1.16. The smallest absolute Gasteiger partial charge is 0.217 e. The van der Waals surface area contributed by atoms with Gasteiger partial charge in [-0.05, 0) is 0 Å². The van der Waals surface area contributed by atoms with Crippen LogP contribution in [0.4, 0.5) is 0 Å². The van der Waals surface area contributed by atoms with E-state index >= 15 is 0 Å². The number of rotatable bonds is 18. The van der Waals surface area contributed by atoms with Gasteiger partial charge in [-0.15, -0.1) is 0 Å². The minimum Gasteiger partial charge on any atom is -0.394 e. The summed E-state index contributed by atoms with van der Waals surface area (Å²) in [6.07, 6.45) is -52.1. The molecule has 0 aliphatic carbocycles. The average Bonchev–Trinajstić information content (AvgIpc) is 3.36. The lowest BCUT2D eigenvalue weighted by Gasteiger charge is -2.50. The van der Waals surface area contributed by atoms with E-state index in [1.165, 1.54) is 0 Å². The third-order valence-electron chi connectivity index (χ3n) is 13.2. The van der Waals surface area contributed by atoms with Crippen molar-refractivity contribution in [2.45, 2.75) is 198 Å². The maximum absolute atomic E-state index is 12.5. The summed E-state index contributed by atoms with van der Waals surface area (Å²) in [5.41, 5.74) is 0. The zero-order valence-electron chi connectivity index (χ0n) is 38.9. The normalized spacial score (nSPS) is 49.8. The van der Waals surface area contributed by atoms with E-state index in [2.05, 4.69) is 10.6 Å². The Labute approximate surface area is 413 Å². The predicted molar refractivity (Wildman–Crippen MR) is 222 cm³/mol. The van der Waals surface area contributed by atoms with Crippen molar-refractivity contribution in [3.63, 3.8) is 0 Å². The highest BCUT2D eigenvalue weighted by Crippen LogP contribution is 2.36. The van der Waals surface area contributed by atoms with Crippen molar-refractivity contribution in [1.82, 2.24) is 10.6 Å². The third kappa shape index (κ3) is 13.0. The molecule has 1 unspecified atom stereocenters. The number of hydrogen-bond acceptors (Lipinski definition) is 31. The molecule has 33 heteroatoms. The van der Waals surface area contributed by atoms with Gasteiger partial charge in [-0.25, -0.2) is 0 Å². The van der Waals surface area contributed by atoms with E-state index in [4.69, 9.17) is 52.1 Å². The summed E-state index contributed by atoms with van der Waals surface area (Å²) in [6, 6.07) is -3.37. The first kappa shape index (κ1) is 60.0. The summed E-state index contributed by atoms with van der Waals surface area (Å²) in [5, 5.41) is 195. The van der Waals surface area contributed by atoms with E-state index in [-0.39, 0.29) is 0 Å². The molecule has 2 amide bonds. The van der Waals surface area contributed by atoms with Crippen molar-refractivity contribution < 1.29 is 154 Å². The van der Waals surface area contributed by atoms with Crippen LogP contribution in [0.1, 0.15) is 13.8 Å².